The molecule has 0 aromatic carbocycles. The molecule has 2 amide bonds. The number of ether oxygens (including phenoxy) is 1. The van der Waals surface area contributed by atoms with E-state index in [1.165, 1.54) is 12.0 Å². The standard InChI is InChI=1S/C11H21N3O5S/c1-19-11(16)14-6-4-13(5-7-14)10(15)9(12)3-8-20(2,17)18/h9H,3-8,12H2,1-2H3. The molecule has 0 saturated carbocycles. The van der Waals surface area contributed by atoms with Crippen molar-refractivity contribution in [3.05, 3.63) is 0 Å². The van der Waals surface area contributed by atoms with Crippen LogP contribution in [-0.2, 0) is 19.4 Å². The van der Waals surface area contributed by atoms with E-state index in [0.29, 0.717) is 26.2 Å². The summed E-state index contributed by atoms with van der Waals surface area (Å²) in [6.07, 6.45) is 0.798. The summed E-state index contributed by atoms with van der Waals surface area (Å²) in [5.74, 6) is -0.389. The van der Waals surface area contributed by atoms with Gasteiger partial charge in [0.2, 0.25) is 5.91 Å². The number of hydrogen-bond donors (Lipinski definition) is 1. The second-order valence-corrected chi connectivity index (χ2v) is 7.07. The van der Waals surface area contributed by atoms with Gasteiger partial charge < -0.3 is 20.3 Å². The van der Waals surface area contributed by atoms with Gasteiger partial charge in [-0.1, -0.05) is 0 Å². The monoisotopic (exact) mass is 307 g/mol. The van der Waals surface area contributed by atoms with Gasteiger partial charge in [0.25, 0.3) is 0 Å². The first-order valence-corrected chi connectivity index (χ1v) is 8.35. The Morgan fingerprint density at radius 1 is 1.20 bits per heavy atom. The van der Waals surface area contributed by atoms with E-state index < -0.39 is 22.0 Å². The molecule has 1 rings (SSSR count). The normalized spacial score (nSPS) is 17.8. The summed E-state index contributed by atoms with van der Waals surface area (Å²) in [6, 6.07) is -0.825. The zero-order valence-corrected chi connectivity index (χ0v) is 12.6. The lowest BCUT2D eigenvalue weighted by Gasteiger charge is -2.35. The van der Waals surface area contributed by atoms with Crippen LogP contribution in [0.5, 0.6) is 0 Å². The van der Waals surface area contributed by atoms with Crippen molar-refractivity contribution < 1.29 is 22.7 Å². The second-order valence-electron chi connectivity index (χ2n) is 4.81. The highest BCUT2D eigenvalue weighted by atomic mass is 32.2. The van der Waals surface area contributed by atoms with Crippen molar-refractivity contribution in [3.63, 3.8) is 0 Å². The summed E-state index contributed by atoms with van der Waals surface area (Å²) >= 11 is 0. The van der Waals surface area contributed by atoms with Gasteiger partial charge in [0, 0.05) is 32.4 Å². The molecule has 1 aliphatic heterocycles. The van der Waals surface area contributed by atoms with Crippen molar-refractivity contribution in [2.24, 2.45) is 5.73 Å². The van der Waals surface area contributed by atoms with E-state index in [2.05, 4.69) is 4.74 Å². The number of nitrogens with zero attached hydrogens (tertiary/aromatic N) is 2. The maximum Gasteiger partial charge on any atom is 0.409 e. The Hall–Kier alpha value is -1.35. The summed E-state index contributed by atoms with van der Waals surface area (Å²) in [7, 11) is -1.82. The lowest BCUT2D eigenvalue weighted by atomic mass is 10.2. The van der Waals surface area contributed by atoms with E-state index in [9.17, 15) is 18.0 Å². The van der Waals surface area contributed by atoms with Gasteiger partial charge in [0.1, 0.15) is 9.84 Å². The Balaban J connectivity index is 2.44. The van der Waals surface area contributed by atoms with Crippen LogP contribution in [0.1, 0.15) is 6.42 Å². The van der Waals surface area contributed by atoms with Gasteiger partial charge in [0.05, 0.1) is 18.9 Å². The molecular formula is C11H21N3O5S. The number of nitrogens with two attached hydrogens (primary N) is 1. The van der Waals surface area contributed by atoms with Gasteiger partial charge in [-0.3, -0.25) is 4.79 Å². The van der Waals surface area contributed by atoms with E-state index in [-0.39, 0.29) is 18.1 Å². The van der Waals surface area contributed by atoms with Crippen LogP contribution in [0.4, 0.5) is 4.79 Å². The summed E-state index contributed by atoms with van der Waals surface area (Å²) < 4.78 is 26.7. The number of methoxy groups -OCH3 is 1. The highest BCUT2D eigenvalue weighted by molar-refractivity contribution is 7.90. The molecule has 1 unspecified atom stereocenters. The first-order chi connectivity index (χ1) is 9.24. The first kappa shape index (κ1) is 16.7. The van der Waals surface area contributed by atoms with Crippen molar-refractivity contribution >= 4 is 21.8 Å². The first-order valence-electron chi connectivity index (χ1n) is 6.29. The summed E-state index contributed by atoms with van der Waals surface area (Å²) in [4.78, 5) is 26.4. The van der Waals surface area contributed by atoms with Crippen LogP contribution in [0, 0.1) is 0 Å². The van der Waals surface area contributed by atoms with E-state index in [1.807, 2.05) is 0 Å². The highest BCUT2D eigenvalue weighted by Gasteiger charge is 2.27. The van der Waals surface area contributed by atoms with Crippen molar-refractivity contribution in [1.82, 2.24) is 9.80 Å². The molecule has 0 aromatic heterocycles. The van der Waals surface area contributed by atoms with Gasteiger partial charge in [-0.25, -0.2) is 13.2 Å². The zero-order chi connectivity index (χ0) is 15.3. The van der Waals surface area contributed by atoms with Crippen molar-refractivity contribution in [2.75, 3.05) is 45.3 Å². The van der Waals surface area contributed by atoms with E-state index >= 15 is 0 Å². The van der Waals surface area contributed by atoms with E-state index in [1.54, 1.807) is 4.90 Å². The summed E-state index contributed by atoms with van der Waals surface area (Å²) in [6.45, 7) is 1.52. The van der Waals surface area contributed by atoms with Gasteiger partial charge in [-0.2, -0.15) is 0 Å². The Morgan fingerprint density at radius 2 is 1.70 bits per heavy atom. The van der Waals surface area contributed by atoms with Crippen molar-refractivity contribution in [3.8, 4) is 0 Å². The molecule has 1 atom stereocenters. The number of hydrogen-bond acceptors (Lipinski definition) is 6. The predicted molar refractivity (Wildman–Crippen MR) is 72.9 cm³/mol. The minimum Gasteiger partial charge on any atom is -0.453 e. The SMILES string of the molecule is COC(=O)N1CCN(C(=O)C(N)CCS(C)(=O)=O)CC1. The Bertz CT molecular complexity index is 457. The number of rotatable bonds is 4. The number of carbonyl (C=O) groups excluding carboxylic acids is 2. The molecule has 2 N–H and O–H groups in total. The van der Waals surface area contributed by atoms with Gasteiger partial charge in [-0.05, 0) is 6.42 Å². The third kappa shape index (κ3) is 4.97. The molecule has 1 fully saturated rings. The fraction of sp³-hybridized carbons (Fsp3) is 0.818. The van der Waals surface area contributed by atoms with Crippen LogP contribution in [0.15, 0.2) is 0 Å². The second kappa shape index (κ2) is 6.89. The molecule has 8 nitrogen and oxygen atoms in total. The lowest BCUT2D eigenvalue weighted by molar-refractivity contribution is -0.134. The van der Waals surface area contributed by atoms with Crippen LogP contribution in [0.3, 0.4) is 0 Å². The molecule has 0 spiro atoms. The zero-order valence-electron chi connectivity index (χ0n) is 11.7. The third-order valence-corrected chi connectivity index (χ3v) is 4.12. The molecular weight excluding hydrogens is 286 g/mol. The quantitative estimate of drug-likeness (QED) is 0.688. The molecule has 9 heteroatoms. The Morgan fingerprint density at radius 3 is 2.15 bits per heavy atom. The topological polar surface area (TPSA) is 110 Å². The molecule has 116 valence electrons. The largest absolute Gasteiger partial charge is 0.453 e. The molecule has 0 aromatic rings. The highest BCUT2D eigenvalue weighted by Crippen LogP contribution is 2.06. The minimum atomic E-state index is -3.13. The van der Waals surface area contributed by atoms with Crippen molar-refractivity contribution in [2.45, 2.75) is 12.5 Å². The molecule has 1 aliphatic rings. The Kier molecular flexibility index (Phi) is 5.75. The van der Waals surface area contributed by atoms with Crippen LogP contribution in [0.25, 0.3) is 0 Å². The van der Waals surface area contributed by atoms with E-state index in [4.69, 9.17) is 5.73 Å². The van der Waals surface area contributed by atoms with Crippen LogP contribution in [0.2, 0.25) is 0 Å². The fourth-order valence-corrected chi connectivity index (χ4v) is 2.62. The molecule has 20 heavy (non-hydrogen) atoms. The lowest BCUT2D eigenvalue weighted by Crippen LogP contribution is -2.54. The maximum atomic E-state index is 12.0. The van der Waals surface area contributed by atoms with Crippen LogP contribution in [-0.4, -0.2) is 81.6 Å². The van der Waals surface area contributed by atoms with Crippen molar-refractivity contribution in [1.29, 1.82) is 0 Å². The summed E-state index contributed by atoms with van der Waals surface area (Å²) in [5.41, 5.74) is 5.71. The molecule has 0 bridgehead atoms. The fourth-order valence-electron chi connectivity index (χ4n) is 1.94. The molecule has 0 aliphatic carbocycles. The maximum absolute atomic E-state index is 12.0. The average molecular weight is 307 g/mol. The number of carbonyl (C=O) groups is 2. The number of piperazine rings is 1. The van der Waals surface area contributed by atoms with E-state index in [0.717, 1.165) is 6.26 Å². The minimum absolute atomic E-state index is 0.106. The third-order valence-electron chi connectivity index (χ3n) is 3.14. The number of amides is 2. The molecule has 1 saturated heterocycles. The summed E-state index contributed by atoms with van der Waals surface area (Å²) in [5, 5.41) is 0. The average Bonchev–Trinajstić information content (AvgIpc) is 2.42. The molecule has 1 heterocycles. The molecule has 0 radical (unpaired) electrons. The van der Waals surface area contributed by atoms with Gasteiger partial charge in [0.15, 0.2) is 0 Å². The smallest absolute Gasteiger partial charge is 0.409 e. The van der Waals surface area contributed by atoms with Crippen LogP contribution >= 0.6 is 0 Å². The predicted octanol–water partition coefficient (Wildman–Crippen LogP) is -1.34. The number of sulfone groups is 1. The van der Waals surface area contributed by atoms with Crippen LogP contribution < -0.4 is 5.73 Å². The van der Waals surface area contributed by atoms with Gasteiger partial charge >= 0.3 is 6.09 Å². The Labute approximate surface area is 118 Å². The van der Waals surface area contributed by atoms with Gasteiger partial charge in [-0.15, -0.1) is 0 Å².